The van der Waals surface area contributed by atoms with Crippen LogP contribution in [0.1, 0.15) is 25.0 Å². The molecular weight excluding hydrogens is 544 g/mol. The topological polar surface area (TPSA) is 174 Å². The Hall–Kier alpha value is -4.46. The maximum atomic E-state index is 13.3. The van der Waals surface area contributed by atoms with Gasteiger partial charge in [0.15, 0.2) is 0 Å². The molecule has 0 aromatic heterocycles. The first-order valence-corrected chi connectivity index (χ1v) is 13.0. The van der Waals surface area contributed by atoms with E-state index in [2.05, 4.69) is 5.32 Å². The number of β-lactam (4-membered cyclic amide) rings is 1. The number of thioether (sulfide) groups is 1. The number of nitro benzene ring substituents is 1. The number of ether oxygens (including phenoxy) is 2. The molecular formula is C26H26N4O9S. The molecule has 2 aliphatic rings. The smallest absolute Gasteiger partial charge is 0.413 e. The third kappa shape index (κ3) is 6.22. The zero-order chi connectivity index (χ0) is 29.0. The highest BCUT2D eigenvalue weighted by molar-refractivity contribution is 8.01. The second-order valence-corrected chi connectivity index (χ2v) is 11.1. The van der Waals surface area contributed by atoms with Crippen molar-refractivity contribution in [3.8, 4) is 0 Å². The number of nitrogens with zero attached hydrogens (tertiary/aromatic N) is 2. The standard InChI is InChI=1S/C26H26N4O9S/c1-15(31)27-25(35)39-14-26(2)21(24(34)38-13-17-8-10-18(11-9-17)30(36)37)29-22(33)20(23(29)40-26)28-19(32)12-16-6-4-3-5-7-16/h3-11,20-21,23H,12-14H2,1-2H3,(H,28,32)(H,27,31,35)/t20?,21?,23-,26?/m1/s1. The fourth-order valence-electron chi connectivity index (χ4n) is 4.47. The summed E-state index contributed by atoms with van der Waals surface area (Å²) in [6.07, 6.45) is -0.950. The molecule has 210 valence electrons. The molecule has 4 amide bonds. The Morgan fingerprint density at radius 1 is 1.05 bits per heavy atom. The first kappa shape index (κ1) is 28.5. The Kier molecular flexibility index (Phi) is 8.38. The predicted molar refractivity (Wildman–Crippen MR) is 141 cm³/mol. The molecule has 14 heteroatoms. The van der Waals surface area contributed by atoms with Gasteiger partial charge in [0.25, 0.3) is 5.69 Å². The van der Waals surface area contributed by atoms with Crippen LogP contribution in [-0.2, 0) is 41.7 Å². The van der Waals surface area contributed by atoms with E-state index in [-0.39, 0.29) is 31.2 Å². The second-order valence-electron chi connectivity index (χ2n) is 9.47. The van der Waals surface area contributed by atoms with Crippen LogP contribution in [0.3, 0.4) is 0 Å². The van der Waals surface area contributed by atoms with E-state index in [1.165, 1.54) is 40.9 Å². The molecule has 2 aliphatic heterocycles. The number of hydrogen-bond donors (Lipinski definition) is 2. The Labute approximate surface area is 232 Å². The largest absolute Gasteiger partial charge is 0.459 e. The van der Waals surface area contributed by atoms with E-state index in [1.807, 2.05) is 11.4 Å². The van der Waals surface area contributed by atoms with Crippen LogP contribution >= 0.6 is 11.8 Å². The fourth-order valence-corrected chi connectivity index (χ4v) is 6.15. The van der Waals surface area contributed by atoms with Gasteiger partial charge in [0.05, 0.1) is 16.1 Å². The van der Waals surface area contributed by atoms with Gasteiger partial charge in [-0.3, -0.25) is 29.8 Å². The van der Waals surface area contributed by atoms with Gasteiger partial charge in [0.1, 0.15) is 30.7 Å². The molecule has 2 saturated heterocycles. The number of carbonyl (C=O) groups excluding carboxylic acids is 5. The van der Waals surface area contributed by atoms with Gasteiger partial charge >= 0.3 is 12.1 Å². The molecule has 0 bridgehead atoms. The summed E-state index contributed by atoms with van der Waals surface area (Å²) in [5.41, 5.74) is 1.14. The van der Waals surface area contributed by atoms with Crippen molar-refractivity contribution in [1.29, 1.82) is 0 Å². The summed E-state index contributed by atoms with van der Waals surface area (Å²) in [5, 5.41) is 15.0. The first-order chi connectivity index (χ1) is 19.0. The molecule has 40 heavy (non-hydrogen) atoms. The van der Waals surface area contributed by atoms with Gasteiger partial charge in [-0.2, -0.15) is 0 Å². The van der Waals surface area contributed by atoms with Crippen molar-refractivity contribution in [3.05, 3.63) is 75.8 Å². The lowest BCUT2D eigenvalue weighted by Gasteiger charge is -2.44. The fraction of sp³-hybridized carbons (Fsp3) is 0.346. The molecule has 2 aromatic rings. The Bertz CT molecular complexity index is 1340. The number of rotatable bonds is 9. The molecule has 2 N–H and O–H groups in total. The average Bonchev–Trinajstić information content (AvgIpc) is 3.19. The SMILES string of the molecule is CC(=O)NC(=O)OCC1(C)S[C@@H]2C(NC(=O)Cc3ccccc3)C(=O)N2C1C(=O)OCc1ccc([N+](=O)[O-])cc1. The molecule has 2 fully saturated rings. The molecule has 2 heterocycles. The molecule has 4 atom stereocenters. The zero-order valence-electron chi connectivity index (χ0n) is 21.5. The second kappa shape index (κ2) is 11.7. The zero-order valence-corrected chi connectivity index (χ0v) is 22.3. The molecule has 0 spiro atoms. The highest BCUT2D eigenvalue weighted by Crippen LogP contribution is 2.51. The van der Waals surface area contributed by atoms with Crippen LogP contribution in [0.15, 0.2) is 54.6 Å². The maximum absolute atomic E-state index is 13.3. The van der Waals surface area contributed by atoms with Crippen LogP contribution in [0, 0.1) is 10.1 Å². The van der Waals surface area contributed by atoms with Crippen molar-refractivity contribution >= 4 is 47.2 Å². The van der Waals surface area contributed by atoms with E-state index in [1.54, 1.807) is 31.2 Å². The average molecular weight is 571 g/mol. The van der Waals surface area contributed by atoms with E-state index >= 15 is 0 Å². The summed E-state index contributed by atoms with van der Waals surface area (Å²) < 4.78 is 9.47. The summed E-state index contributed by atoms with van der Waals surface area (Å²) in [5.74, 6) is -2.27. The monoisotopic (exact) mass is 570 g/mol. The van der Waals surface area contributed by atoms with E-state index in [0.717, 1.165) is 12.5 Å². The van der Waals surface area contributed by atoms with Gasteiger partial charge in [-0.15, -0.1) is 11.8 Å². The number of hydrogen-bond acceptors (Lipinski definition) is 10. The molecule has 13 nitrogen and oxygen atoms in total. The number of non-ortho nitro benzene ring substituents is 1. The van der Waals surface area contributed by atoms with E-state index in [0.29, 0.717) is 5.56 Å². The number of fused-ring (bicyclic) bond motifs is 1. The minimum Gasteiger partial charge on any atom is -0.459 e. The van der Waals surface area contributed by atoms with Crippen LogP contribution in [0.2, 0.25) is 0 Å². The Balaban J connectivity index is 1.47. The summed E-state index contributed by atoms with van der Waals surface area (Å²) in [6, 6.07) is 12.4. The number of amides is 4. The van der Waals surface area contributed by atoms with Crippen molar-refractivity contribution in [1.82, 2.24) is 15.5 Å². The summed E-state index contributed by atoms with van der Waals surface area (Å²) in [4.78, 5) is 73.9. The summed E-state index contributed by atoms with van der Waals surface area (Å²) in [7, 11) is 0. The summed E-state index contributed by atoms with van der Waals surface area (Å²) >= 11 is 1.17. The number of benzene rings is 2. The lowest BCUT2D eigenvalue weighted by atomic mass is 9.95. The van der Waals surface area contributed by atoms with Crippen LogP contribution in [0.5, 0.6) is 0 Å². The number of esters is 1. The number of nitro groups is 1. The van der Waals surface area contributed by atoms with E-state index in [4.69, 9.17) is 9.47 Å². The quantitative estimate of drug-likeness (QED) is 0.195. The first-order valence-electron chi connectivity index (χ1n) is 12.2. The minimum atomic E-state index is -1.18. The third-order valence-corrected chi connectivity index (χ3v) is 7.99. The number of carbonyl (C=O) groups is 5. The normalized spacial score (nSPS) is 22.9. The van der Waals surface area contributed by atoms with Crippen molar-refractivity contribution in [2.45, 2.75) is 49.1 Å². The lowest BCUT2D eigenvalue weighted by Crippen LogP contribution is -2.71. The number of nitrogens with one attached hydrogen (secondary N) is 2. The van der Waals surface area contributed by atoms with Crippen LogP contribution in [0.4, 0.5) is 10.5 Å². The van der Waals surface area contributed by atoms with Crippen molar-refractivity contribution in [3.63, 3.8) is 0 Å². The minimum absolute atomic E-state index is 0.0638. The van der Waals surface area contributed by atoms with Crippen molar-refractivity contribution in [2.75, 3.05) is 6.61 Å². The predicted octanol–water partition coefficient (Wildman–Crippen LogP) is 1.68. The number of alkyl carbamates (subject to hydrolysis) is 1. The van der Waals surface area contributed by atoms with E-state index in [9.17, 15) is 34.1 Å². The van der Waals surface area contributed by atoms with Gasteiger partial charge in [-0.05, 0) is 30.2 Å². The number of imide groups is 1. The van der Waals surface area contributed by atoms with Crippen LogP contribution < -0.4 is 10.6 Å². The Morgan fingerprint density at radius 2 is 1.73 bits per heavy atom. The highest BCUT2D eigenvalue weighted by atomic mass is 32.2. The highest BCUT2D eigenvalue weighted by Gasteiger charge is 2.66. The van der Waals surface area contributed by atoms with Gasteiger partial charge in [0.2, 0.25) is 17.7 Å². The van der Waals surface area contributed by atoms with Crippen molar-refractivity contribution < 1.29 is 38.4 Å². The van der Waals surface area contributed by atoms with Gasteiger partial charge in [0, 0.05) is 19.1 Å². The Morgan fingerprint density at radius 3 is 2.35 bits per heavy atom. The van der Waals surface area contributed by atoms with E-state index < -0.39 is 51.0 Å². The van der Waals surface area contributed by atoms with Gasteiger partial charge in [-0.1, -0.05) is 30.3 Å². The van der Waals surface area contributed by atoms with Crippen LogP contribution in [0.25, 0.3) is 0 Å². The van der Waals surface area contributed by atoms with Crippen LogP contribution in [-0.4, -0.2) is 68.4 Å². The maximum Gasteiger partial charge on any atom is 0.413 e. The third-order valence-electron chi connectivity index (χ3n) is 6.37. The molecule has 0 radical (unpaired) electrons. The van der Waals surface area contributed by atoms with Gasteiger partial charge in [-0.25, -0.2) is 9.59 Å². The molecule has 0 aliphatic carbocycles. The van der Waals surface area contributed by atoms with Crippen molar-refractivity contribution in [2.24, 2.45) is 0 Å². The molecule has 0 saturated carbocycles. The molecule has 2 aromatic carbocycles. The molecule has 4 rings (SSSR count). The van der Waals surface area contributed by atoms with Gasteiger partial charge < -0.3 is 19.7 Å². The lowest BCUT2D eigenvalue weighted by molar-refractivity contribution is -0.384. The molecule has 3 unspecified atom stereocenters. The summed E-state index contributed by atoms with van der Waals surface area (Å²) in [6.45, 7) is 2.19.